The summed E-state index contributed by atoms with van der Waals surface area (Å²) in [7, 11) is 0. The Bertz CT molecular complexity index is 2710. The summed E-state index contributed by atoms with van der Waals surface area (Å²) in [6, 6.07) is 60.2. The summed E-state index contributed by atoms with van der Waals surface area (Å²) in [5, 5.41) is 13.0. The van der Waals surface area contributed by atoms with Crippen LogP contribution in [-0.2, 0) is 0 Å². The Morgan fingerprint density at radius 3 is 1.71 bits per heavy atom. The first-order valence-corrected chi connectivity index (χ1v) is 15.6. The fourth-order valence-electron chi connectivity index (χ4n) is 7.72. The van der Waals surface area contributed by atoms with Gasteiger partial charge >= 0.3 is 0 Å². The minimum absolute atomic E-state index is 1.18. The van der Waals surface area contributed by atoms with Gasteiger partial charge in [-0.25, -0.2) is 0 Å². The van der Waals surface area contributed by atoms with Crippen molar-refractivity contribution in [1.82, 2.24) is 4.57 Å². The van der Waals surface area contributed by atoms with E-state index in [-0.39, 0.29) is 0 Å². The topological polar surface area (TPSA) is 4.93 Å². The van der Waals surface area contributed by atoms with Crippen LogP contribution in [0.5, 0.6) is 0 Å². The maximum atomic E-state index is 2.42. The number of fused-ring (bicyclic) bond motifs is 5. The van der Waals surface area contributed by atoms with Gasteiger partial charge in [-0.05, 0) is 84.2 Å². The molecular weight excluding hydrogens is 542 g/mol. The molecule has 0 saturated heterocycles. The quantitative estimate of drug-likeness (QED) is 0.187. The largest absolute Gasteiger partial charge is 0.309 e. The first-order valence-electron chi connectivity index (χ1n) is 15.6. The molecule has 0 bridgehead atoms. The molecule has 1 nitrogen and oxygen atoms in total. The lowest BCUT2D eigenvalue weighted by Crippen LogP contribution is -1.94. The number of para-hydroxylation sites is 2. The van der Waals surface area contributed by atoms with Crippen molar-refractivity contribution >= 4 is 64.9 Å². The lowest BCUT2D eigenvalue weighted by Gasteiger charge is -2.15. The zero-order chi connectivity index (χ0) is 29.5. The average molecular weight is 570 g/mol. The van der Waals surface area contributed by atoms with Crippen LogP contribution in [-0.4, -0.2) is 4.57 Å². The number of benzene rings is 9. The Hall–Kier alpha value is -5.92. The molecule has 0 radical (unpaired) electrons. The molecule has 0 amide bonds. The lowest BCUT2D eigenvalue weighted by molar-refractivity contribution is 1.19. The molecule has 0 aliphatic heterocycles. The van der Waals surface area contributed by atoms with Crippen LogP contribution in [0.3, 0.4) is 0 Å². The third-order valence-electron chi connectivity index (χ3n) is 9.72. The van der Waals surface area contributed by atoms with Crippen LogP contribution in [0.1, 0.15) is 0 Å². The van der Waals surface area contributed by atoms with Gasteiger partial charge in [0.25, 0.3) is 0 Å². The van der Waals surface area contributed by atoms with Crippen LogP contribution in [0, 0.1) is 0 Å². The molecule has 1 heterocycles. The highest BCUT2D eigenvalue weighted by atomic mass is 15.0. The predicted octanol–water partition coefficient (Wildman–Crippen LogP) is 12.2. The summed E-state index contributed by atoms with van der Waals surface area (Å²) in [4.78, 5) is 0. The summed E-state index contributed by atoms with van der Waals surface area (Å²) >= 11 is 0. The average Bonchev–Trinajstić information content (AvgIpc) is 3.45. The molecule has 0 atom stereocenters. The summed E-state index contributed by atoms with van der Waals surface area (Å²) in [6.07, 6.45) is 0. The Balaban J connectivity index is 1.19. The van der Waals surface area contributed by atoms with E-state index >= 15 is 0 Å². The first-order chi connectivity index (χ1) is 22.3. The van der Waals surface area contributed by atoms with Gasteiger partial charge in [0.05, 0.1) is 11.0 Å². The van der Waals surface area contributed by atoms with Crippen LogP contribution >= 0.6 is 0 Å². The highest BCUT2D eigenvalue weighted by molar-refractivity contribution is 6.26. The Morgan fingerprint density at radius 2 is 0.933 bits per heavy atom. The van der Waals surface area contributed by atoms with E-state index in [1.807, 2.05) is 0 Å². The van der Waals surface area contributed by atoms with Gasteiger partial charge in [-0.2, -0.15) is 0 Å². The van der Waals surface area contributed by atoms with Crippen molar-refractivity contribution in [2.45, 2.75) is 0 Å². The fourth-order valence-corrected chi connectivity index (χ4v) is 7.72. The normalized spacial score (nSPS) is 12.0. The highest BCUT2D eigenvalue weighted by Crippen LogP contribution is 2.43. The van der Waals surface area contributed by atoms with Gasteiger partial charge in [-0.15, -0.1) is 0 Å². The zero-order valence-electron chi connectivity index (χ0n) is 24.5. The van der Waals surface area contributed by atoms with Crippen molar-refractivity contribution in [3.05, 3.63) is 164 Å². The van der Waals surface area contributed by atoms with E-state index in [4.69, 9.17) is 0 Å². The van der Waals surface area contributed by atoms with Gasteiger partial charge < -0.3 is 4.57 Å². The minimum Gasteiger partial charge on any atom is -0.309 e. The molecule has 0 fully saturated rings. The smallest absolute Gasteiger partial charge is 0.0619 e. The van der Waals surface area contributed by atoms with Crippen molar-refractivity contribution < 1.29 is 0 Å². The van der Waals surface area contributed by atoms with E-state index < -0.39 is 0 Å². The van der Waals surface area contributed by atoms with Gasteiger partial charge in [0, 0.05) is 21.8 Å². The minimum atomic E-state index is 1.18. The Kier molecular flexibility index (Phi) is 5.06. The SMILES string of the molecule is c1ccc(-n2c3ccccc3c3cc(-c4ccc(-c5ccc6ccc7cccc8ccc5c6c78)cc4)c4ccccc4c32)cc1. The second-order valence-corrected chi connectivity index (χ2v) is 12.1. The van der Waals surface area contributed by atoms with Gasteiger partial charge in [0.15, 0.2) is 0 Å². The standard InChI is InChI=1S/C44H27N/c1-2-11-33(12-3-1)45-41-16-7-6-14-36(41)40-27-39(35-13-4-5-15-38(35)44(40)45)29-19-17-28(18-20-29)34-25-23-32-22-21-30-9-8-10-31-24-26-37(34)43(32)42(30)31/h1-27H. The van der Waals surface area contributed by atoms with Crippen molar-refractivity contribution in [3.63, 3.8) is 0 Å². The van der Waals surface area contributed by atoms with Gasteiger partial charge in [0.2, 0.25) is 0 Å². The predicted molar refractivity (Wildman–Crippen MR) is 193 cm³/mol. The molecule has 1 heteroatoms. The van der Waals surface area contributed by atoms with E-state index in [0.717, 1.165) is 0 Å². The molecule has 0 saturated carbocycles. The van der Waals surface area contributed by atoms with Gasteiger partial charge in [-0.1, -0.05) is 140 Å². The number of nitrogens with zero attached hydrogens (tertiary/aromatic N) is 1. The van der Waals surface area contributed by atoms with E-state index in [9.17, 15) is 0 Å². The molecule has 0 unspecified atom stereocenters. The number of rotatable bonds is 3. The van der Waals surface area contributed by atoms with E-state index in [1.54, 1.807) is 0 Å². The Labute approximate surface area is 260 Å². The zero-order valence-corrected chi connectivity index (χ0v) is 24.5. The molecule has 0 spiro atoms. The summed E-state index contributed by atoms with van der Waals surface area (Å²) in [5.74, 6) is 0. The fraction of sp³-hybridized carbons (Fsp3) is 0. The van der Waals surface area contributed by atoms with Crippen molar-refractivity contribution in [2.75, 3.05) is 0 Å². The molecule has 10 rings (SSSR count). The highest BCUT2D eigenvalue weighted by Gasteiger charge is 2.18. The summed E-state index contributed by atoms with van der Waals surface area (Å²) in [6.45, 7) is 0. The maximum Gasteiger partial charge on any atom is 0.0619 e. The van der Waals surface area contributed by atoms with Crippen LogP contribution in [0.2, 0.25) is 0 Å². The van der Waals surface area contributed by atoms with Crippen molar-refractivity contribution in [2.24, 2.45) is 0 Å². The number of hydrogen-bond acceptors (Lipinski definition) is 0. The van der Waals surface area contributed by atoms with E-state index in [1.165, 1.54) is 92.8 Å². The molecule has 9 aromatic carbocycles. The van der Waals surface area contributed by atoms with Gasteiger partial charge in [-0.3, -0.25) is 0 Å². The molecule has 10 aromatic rings. The molecule has 45 heavy (non-hydrogen) atoms. The van der Waals surface area contributed by atoms with Gasteiger partial charge in [0.1, 0.15) is 0 Å². The number of aromatic nitrogens is 1. The summed E-state index contributed by atoms with van der Waals surface area (Å²) in [5.41, 5.74) is 8.67. The molecule has 208 valence electrons. The molecule has 1 aromatic heterocycles. The van der Waals surface area contributed by atoms with Crippen LogP contribution in [0.25, 0.3) is 92.8 Å². The second kappa shape index (κ2) is 9.29. The lowest BCUT2D eigenvalue weighted by atomic mass is 9.89. The third-order valence-corrected chi connectivity index (χ3v) is 9.72. The first kappa shape index (κ1) is 24.5. The second-order valence-electron chi connectivity index (χ2n) is 12.1. The third kappa shape index (κ3) is 3.50. The summed E-state index contributed by atoms with van der Waals surface area (Å²) < 4.78 is 2.42. The molecule has 0 aliphatic rings. The number of hydrogen-bond donors (Lipinski definition) is 0. The van der Waals surface area contributed by atoms with Crippen LogP contribution in [0.15, 0.2) is 164 Å². The van der Waals surface area contributed by atoms with Crippen molar-refractivity contribution in [1.29, 1.82) is 0 Å². The monoisotopic (exact) mass is 569 g/mol. The molecule has 0 aliphatic carbocycles. The van der Waals surface area contributed by atoms with E-state index in [0.29, 0.717) is 0 Å². The maximum absolute atomic E-state index is 2.42. The van der Waals surface area contributed by atoms with Crippen molar-refractivity contribution in [3.8, 4) is 27.9 Å². The van der Waals surface area contributed by atoms with E-state index in [2.05, 4.69) is 168 Å². The van der Waals surface area contributed by atoms with Crippen LogP contribution in [0.4, 0.5) is 0 Å². The van der Waals surface area contributed by atoms with Crippen LogP contribution < -0.4 is 0 Å². The Morgan fingerprint density at radius 1 is 0.333 bits per heavy atom. The molecular formula is C44H27N. The molecule has 0 N–H and O–H groups in total.